The van der Waals surface area contributed by atoms with E-state index in [1.807, 2.05) is 72.9 Å². The van der Waals surface area contributed by atoms with Gasteiger partial charge in [-0.2, -0.15) is 0 Å². The molecule has 0 amide bonds. The molecule has 66 heavy (non-hydrogen) atoms. The van der Waals surface area contributed by atoms with Crippen LogP contribution in [0.5, 0.6) is 0 Å². The lowest BCUT2D eigenvalue weighted by Crippen LogP contribution is -2.30. The number of ether oxygens (including phenoxy) is 3. The first kappa shape index (κ1) is 62.1. The molecule has 0 saturated heterocycles. The maximum absolute atomic E-state index is 12.8. The minimum atomic E-state index is -0.803. The Morgan fingerprint density at radius 3 is 0.985 bits per heavy atom. The fourth-order valence-corrected chi connectivity index (χ4v) is 7.18. The van der Waals surface area contributed by atoms with Gasteiger partial charge in [0.05, 0.1) is 0 Å². The van der Waals surface area contributed by atoms with Crippen LogP contribution in [0.15, 0.2) is 109 Å². The molecule has 0 aliphatic heterocycles. The van der Waals surface area contributed by atoms with Gasteiger partial charge < -0.3 is 14.2 Å². The molecule has 1 unspecified atom stereocenters. The zero-order valence-electron chi connectivity index (χ0n) is 42.7. The average Bonchev–Trinajstić information content (AvgIpc) is 3.31. The molecule has 0 bridgehead atoms. The minimum Gasteiger partial charge on any atom is -0.462 e. The lowest BCUT2D eigenvalue weighted by atomic mass is 10.0. The second kappa shape index (κ2) is 53.7. The van der Waals surface area contributed by atoms with Crippen LogP contribution < -0.4 is 0 Å². The summed E-state index contributed by atoms with van der Waals surface area (Å²) in [5, 5.41) is 0. The number of hydrogen-bond acceptors (Lipinski definition) is 6. The van der Waals surface area contributed by atoms with E-state index in [4.69, 9.17) is 14.2 Å². The van der Waals surface area contributed by atoms with E-state index in [0.29, 0.717) is 19.3 Å². The van der Waals surface area contributed by atoms with Gasteiger partial charge in [0, 0.05) is 19.3 Å². The molecular weight excluding hydrogens is 817 g/mol. The van der Waals surface area contributed by atoms with Crippen molar-refractivity contribution >= 4 is 17.9 Å². The lowest BCUT2D eigenvalue weighted by Gasteiger charge is -2.18. The van der Waals surface area contributed by atoms with Gasteiger partial charge in [0.25, 0.3) is 0 Å². The molecule has 6 heteroatoms. The number of allylic oxidation sites excluding steroid dienone is 18. The quantitative estimate of drug-likeness (QED) is 0.0262. The molecule has 1 atom stereocenters. The van der Waals surface area contributed by atoms with Crippen molar-refractivity contribution in [1.29, 1.82) is 0 Å². The van der Waals surface area contributed by atoms with Crippen molar-refractivity contribution in [1.82, 2.24) is 0 Å². The van der Waals surface area contributed by atoms with Gasteiger partial charge in [0.2, 0.25) is 0 Å². The monoisotopic (exact) mass is 915 g/mol. The first-order chi connectivity index (χ1) is 32.5. The smallest absolute Gasteiger partial charge is 0.306 e. The van der Waals surface area contributed by atoms with Gasteiger partial charge in [-0.25, -0.2) is 0 Å². The van der Waals surface area contributed by atoms with Crippen LogP contribution in [-0.4, -0.2) is 37.2 Å². The van der Waals surface area contributed by atoms with Gasteiger partial charge in [-0.15, -0.1) is 0 Å². The van der Waals surface area contributed by atoms with E-state index in [1.54, 1.807) is 0 Å². The van der Waals surface area contributed by atoms with E-state index in [0.717, 1.165) is 83.5 Å². The van der Waals surface area contributed by atoms with Crippen molar-refractivity contribution in [2.45, 2.75) is 239 Å². The largest absolute Gasteiger partial charge is 0.462 e. The predicted molar refractivity (Wildman–Crippen MR) is 283 cm³/mol. The topological polar surface area (TPSA) is 78.9 Å². The molecule has 0 aromatic heterocycles. The molecule has 0 aliphatic carbocycles. The van der Waals surface area contributed by atoms with Crippen LogP contribution in [0, 0.1) is 0 Å². The number of hydrogen-bond donors (Lipinski definition) is 0. The normalized spacial score (nSPS) is 13.0. The van der Waals surface area contributed by atoms with Crippen LogP contribution >= 0.6 is 0 Å². The Morgan fingerprint density at radius 1 is 0.318 bits per heavy atom. The average molecular weight is 915 g/mol. The summed E-state index contributed by atoms with van der Waals surface area (Å²) >= 11 is 0. The SMILES string of the molecule is CC\C=C/C=C\C=C/C=C\C=C\C=C/C=C\CCCCCC(=O)OCC(COC(=O)CCCCCCCCCCCCCCCC)OC(=O)CCCCCCCC/C=C\C=C/CCCCC. The number of unbranched alkanes of at least 4 members (excludes halogenated alkanes) is 25. The highest BCUT2D eigenvalue weighted by Crippen LogP contribution is 2.15. The van der Waals surface area contributed by atoms with Crippen molar-refractivity contribution in [3.8, 4) is 0 Å². The van der Waals surface area contributed by atoms with E-state index in [1.165, 1.54) is 109 Å². The highest BCUT2D eigenvalue weighted by molar-refractivity contribution is 5.71. The Kier molecular flexibility index (Phi) is 50.5. The molecule has 0 radical (unpaired) electrons. The fourth-order valence-electron chi connectivity index (χ4n) is 7.18. The Bertz CT molecular complexity index is 1370. The molecule has 0 heterocycles. The van der Waals surface area contributed by atoms with Crippen molar-refractivity contribution in [2.75, 3.05) is 13.2 Å². The maximum Gasteiger partial charge on any atom is 0.306 e. The number of esters is 3. The van der Waals surface area contributed by atoms with Crippen molar-refractivity contribution in [3.05, 3.63) is 109 Å². The molecule has 374 valence electrons. The van der Waals surface area contributed by atoms with E-state index in [-0.39, 0.29) is 31.1 Å². The third-order valence-corrected chi connectivity index (χ3v) is 11.2. The first-order valence-electron chi connectivity index (χ1n) is 27.0. The van der Waals surface area contributed by atoms with Crippen molar-refractivity contribution < 1.29 is 28.6 Å². The third-order valence-electron chi connectivity index (χ3n) is 11.2. The predicted octanol–water partition coefficient (Wildman–Crippen LogP) is 17.9. The molecule has 0 aromatic carbocycles. The molecule has 0 fully saturated rings. The second-order valence-electron chi connectivity index (χ2n) is 17.6. The summed E-state index contributed by atoms with van der Waals surface area (Å²) in [7, 11) is 0. The summed E-state index contributed by atoms with van der Waals surface area (Å²) in [5.41, 5.74) is 0. The highest BCUT2D eigenvalue weighted by atomic mass is 16.6. The molecule has 6 nitrogen and oxygen atoms in total. The van der Waals surface area contributed by atoms with E-state index >= 15 is 0 Å². The van der Waals surface area contributed by atoms with E-state index < -0.39 is 6.10 Å². The molecule has 0 saturated carbocycles. The van der Waals surface area contributed by atoms with Crippen molar-refractivity contribution in [2.24, 2.45) is 0 Å². The van der Waals surface area contributed by atoms with Gasteiger partial charge in [-0.05, 0) is 64.2 Å². The fraction of sp³-hybridized carbons (Fsp3) is 0.650. The standard InChI is InChI=1S/C60H98O6/c1-4-7-10-13-16-19-22-25-28-29-30-31-33-35-38-41-44-47-50-53-59(62)65-56-57(55-64-58(61)52-49-46-43-40-37-34-27-24-21-18-15-12-9-6-3)66-60(63)54-51-48-45-42-39-36-32-26-23-20-17-14-11-8-5-2/h7,10,13,16-17,19-20,22-23,25-26,28-31,33,35,38,57H,4-6,8-9,11-12,14-15,18,21,24,27,32,34,36-37,39-56H2,1-3H3/b10-7-,16-13-,20-17-,22-19-,26-23-,28-25-,30-29+,33-31-,38-35-. The zero-order valence-corrected chi connectivity index (χ0v) is 42.7. The minimum absolute atomic E-state index is 0.0978. The van der Waals surface area contributed by atoms with Crippen LogP contribution in [0.4, 0.5) is 0 Å². The number of carbonyl (C=O) groups is 3. The number of rotatable bonds is 47. The summed E-state index contributed by atoms with van der Waals surface area (Å²) < 4.78 is 16.8. The van der Waals surface area contributed by atoms with Gasteiger partial charge in [-0.1, -0.05) is 259 Å². The third kappa shape index (κ3) is 51.1. The molecule has 0 aliphatic rings. The van der Waals surface area contributed by atoms with Crippen LogP contribution in [-0.2, 0) is 28.6 Å². The van der Waals surface area contributed by atoms with Crippen LogP contribution in [0.25, 0.3) is 0 Å². The number of carbonyl (C=O) groups excluding carboxylic acids is 3. The summed E-state index contributed by atoms with van der Waals surface area (Å²) in [6, 6.07) is 0. The Morgan fingerprint density at radius 2 is 0.591 bits per heavy atom. The Balaban J connectivity index is 4.52. The maximum atomic E-state index is 12.8. The molecule has 0 spiro atoms. The molecule has 0 rings (SSSR count). The summed E-state index contributed by atoms with van der Waals surface area (Å²) in [5.74, 6) is -0.957. The van der Waals surface area contributed by atoms with Gasteiger partial charge in [-0.3, -0.25) is 14.4 Å². The van der Waals surface area contributed by atoms with Crippen LogP contribution in [0.2, 0.25) is 0 Å². The molecule has 0 N–H and O–H groups in total. The highest BCUT2D eigenvalue weighted by Gasteiger charge is 2.19. The Labute approximate surface area is 406 Å². The van der Waals surface area contributed by atoms with E-state index in [9.17, 15) is 14.4 Å². The summed E-state index contributed by atoms with van der Waals surface area (Å²) in [6.45, 7) is 6.41. The van der Waals surface area contributed by atoms with Crippen molar-refractivity contribution in [3.63, 3.8) is 0 Å². The summed E-state index contributed by atoms with van der Waals surface area (Å²) in [6.07, 6.45) is 72.0. The van der Waals surface area contributed by atoms with Gasteiger partial charge in [0.1, 0.15) is 13.2 Å². The van der Waals surface area contributed by atoms with E-state index in [2.05, 4.69) is 57.2 Å². The lowest BCUT2D eigenvalue weighted by molar-refractivity contribution is -0.167. The second-order valence-corrected chi connectivity index (χ2v) is 17.6. The zero-order chi connectivity index (χ0) is 47.9. The van der Waals surface area contributed by atoms with Crippen LogP contribution in [0.1, 0.15) is 233 Å². The first-order valence-corrected chi connectivity index (χ1v) is 27.0. The molecular formula is C60H98O6. The summed E-state index contributed by atoms with van der Waals surface area (Å²) in [4.78, 5) is 38.1. The van der Waals surface area contributed by atoms with Gasteiger partial charge in [0.15, 0.2) is 6.10 Å². The van der Waals surface area contributed by atoms with Crippen LogP contribution in [0.3, 0.4) is 0 Å². The molecule has 0 aromatic rings. The van der Waals surface area contributed by atoms with Gasteiger partial charge >= 0.3 is 17.9 Å². The Hall–Kier alpha value is -3.93.